The second kappa shape index (κ2) is 12.2. The van der Waals surface area contributed by atoms with Gasteiger partial charge in [0, 0.05) is 35.3 Å². The second-order valence-corrected chi connectivity index (χ2v) is 10.3. The molecule has 198 valence electrons. The van der Waals surface area contributed by atoms with Crippen molar-refractivity contribution in [2.45, 2.75) is 32.2 Å². The molecule has 7 heteroatoms. The number of hydrogen-bond acceptors (Lipinski definition) is 3. The first-order chi connectivity index (χ1) is 17.9. The highest BCUT2D eigenvalue weighted by molar-refractivity contribution is 6.30. The van der Waals surface area contributed by atoms with Gasteiger partial charge >= 0.3 is 0 Å². The molecule has 0 radical (unpaired) electrons. The maximum atomic E-state index is 13.8. The number of benzene rings is 3. The van der Waals surface area contributed by atoms with Gasteiger partial charge in [0.2, 0.25) is 5.91 Å². The molecule has 5 rings (SSSR count). The fourth-order valence-electron chi connectivity index (χ4n) is 5.43. The second-order valence-electron chi connectivity index (χ2n) is 9.84. The Morgan fingerprint density at radius 3 is 2.24 bits per heavy atom. The highest BCUT2D eigenvalue weighted by atomic mass is 35.5. The number of halogens is 2. The Bertz CT molecular complexity index is 1410. The van der Waals surface area contributed by atoms with E-state index in [-0.39, 0.29) is 36.7 Å². The third-order valence-corrected chi connectivity index (χ3v) is 7.79. The summed E-state index contributed by atoms with van der Waals surface area (Å²) >= 11 is 6.04. The number of aromatic nitrogens is 1. The first-order valence-corrected chi connectivity index (χ1v) is 13.2. The largest absolute Gasteiger partial charge is 0.337 e. The van der Waals surface area contributed by atoms with Gasteiger partial charge in [0.05, 0.1) is 18.0 Å². The Balaban J connectivity index is 0.00000336. The van der Waals surface area contributed by atoms with Crippen LogP contribution in [0.4, 0.5) is 0 Å². The Kier molecular flexibility index (Phi) is 8.93. The van der Waals surface area contributed by atoms with Crippen molar-refractivity contribution >= 4 is 46.7 Å². The van der Waals surface area contributed by atoms with E-state index in [1.165, 1.54) is 12.8 Å². The third kappa shape index (κ3) is 5.65. The van der Waals surface area contributed by atoms with Crippen LogP contribution in [0.5, 0.6) is 0 Å². The van der Waals surface area contributed by atoms with Crippen molar-refractivity contribution in [1.82, 2.24) is 14.4 Å². The molecular weight excluding hydrogens is 517 g/mol. The minimum Gasteiger partial charge on any atom is -0.337 e. The van der Waals surface area contributed by atoms with Gasteiger partial charge < -0.3 is 9.80 Å². The van der Waals surface area contributed by atoms with Crippen LogP contribution in [0, 0.1) is 6.92 Å². The van der Waals surface area contributed by atoms with Crippen molar-refractivity contribution in [3.8, 4) is 0 Å². The lowest BCUT2D eigenvalue weighted by Gasteiger charge is -2.32. The molecule has 2 heterocycles. The van der Waals surface area contributed by atoms with E-state index in [1.807, 2.05) is 61.3 Å². The summed E-state index contributed by atoms with van der Waals surface area (Å²) < 4.78 is 1.72. The summed E-state index contributed by atoms with van der Waals surface area (Å²) in [5, 5.41) is 1.52. The van der Waals surface area contributed by atoms with Crippen molar-refractivity contribution in [2.75, 3.05) is 26.7 Å². The molecule has 1 fully saturated rings. The number of para-hydroxylation sites is 1. The molecule has 1 aromatic heterocycles. The Morgan fingerprint density at radius 2 is 1.55 bits per heavy atom. The van der Waals surface area contributed by atoms with Crippen LogP contribution < -0.4 is 0 Å². The van der Waals surface area contributed by atoms with E-state index >= 15 is 0 Å². The van der Waals surface area contributed by atoms with Crippen LogP contribution in [0.3, 0.4) is 0 Å². The van der Waals surface area contributed by atoms with Gasteiger partial charge in [-0.3, -0.25) is 14.2 Å². The van der Waals surface area contributed by atoms with Crippen molar-refractivity contribution in [2.24, 2.45) is 0 Å². The number of likely N-dealkylation sites (N-methyl/N-ethyl adjacent to an activating group) is 1. The highest BCUT2D eigenvalue weighted by Gasteiger charge is 2.28. The van der Waals surface area contributed by atoms with E-state index < -0.39 is 0 Å². The molecule has 0 bridgehead atoms. The zero-order valence-electron chi connectivity index (χ0n) is 21.8. The maximum absolute atomic E-state index is 13.8. The van der Waals surface area contributed by atoms with Gasteiger partial charge in [-0.2, -0.15) is 0 Å². The lowest BCUT2D eigenvalue weighted by atomic mass is 10.0. The molecular formula is C31H33Cl2N3O2. The van der Waals surface area contributed by atoms with Gasteiger partial charge in [-0.15, -0.1) is 12.4 Å². The molecule has 0 N–H and O–H groups in total. The molecule has 1 aliphatic heterocycles. The first-order valence-electron chi connectivity index (χ1n) is 12.9. The Labute approximate surface area is 235 Å². The van der Waals surface area contributed by atoms with E-state index in [0.717, 1.165) is 47.4 Å². The molecule has 3 aromatic carbocycles. The summed E-state index contributed by atoms with van der Waals surface area (Å²) in [6.07, 6.45) is 2.64. The van der Waals surface area contributed by atoms with Crippen molar-refractivity contribution < 1.29 is 9.59 Å². The van der Waals surface area contributed by atoms with Crippen LogP contribution in [0.2, 0.25) is 5.02 Å². The topological polar surface area (TPSA) is 45.6 Å². The molecule has 0 unspecified atom stereocenters. The van der Waals surface area contributed by atoms with Crippen LogP contribution >= 0.6 is 24.0 Å². The number of hydrogen-bond donors (Lipinski definition) is 0. The van der Waals surface area contributed by atoms with Crippen molar-refractivity contribution in [3.63, 3.8) is 0 Å². The minimum absolute atomic E-state index is 0. The van der Waals surface area contributed by atoms with Crippen molar-refractivity contribution in [1.29, 1.82) is 0 Å². The van der Waals surface area contributed by atoms with E-state index in [1.54, 1.807) is 28.8 Å². The van der Waals surface area contributed by atoms with E-state index in [2.05, 4.69) is 17.0 Å². The number of rotatable bonds is 7. The van der Waals surface area contributed by atoms with Crippen LogP contribution in [-0.4, -0.2) is 52.9 Å². The van der Waals surface area contributed by atoms with Crippen LogP contribution in [-0.2, 0) is 11.2 Å². The van der Waals surface area contributed by atoms with E-state index in [9.17, 15) is 9.59 Å². The summed E-state index contributed by atoms with van der Waals surface area (Å²) in [5.41, 5.74) is 4.18. The van der Waals surface area contributed by atoms with Gasteiger partial charge in [-0.25, -0.2) is 0 Å². The van der Waals surface area contributed by atoms with Gasteiger partial charge in [-0.1, -0.05) is 60.1 Å². The summed E-state index contributed by atoms with van der Waals surface area (Å²) in [4.78, 5) is 31.6. The van der Waals surface area contributed by atoms with Crippen molar-refractivity contribution in [3.05, 3.63) is 106 Å². The number of nitrogens with zero attached hydrogens (tertiary/aromatic N) is 3. The summed E-state index contributed by atoms with van der Waals surface area (Å²) in [7, 11) is 1.91. The van der Waals surface area contributed by atoms with E-state index in [4.69, 9.17) is 11.6 Å². The molecule has 0 spiro atoms. The SMILES string of the molecule is Cc1c(CC(=O)N(C)[C@H](CN2CCCC2)c2ccccc2)c2ccccc2n1C(=O)c1ccc(Cl)cc1.Cl. The zero-order chi connectivity index (χ0) is 25.9. The number of fused-ring (bicyclic) bond motifs is 1. The monoisotopic (exact) mass is 549 g/mol. The van der Waals surface area contributed by atoms with Gasteiger partial charge in [0.25, 0.3) is 5.91 Å². The Hall–Kier alpha value is -3.12. The van der Waals surface area contributed by atoms with Gasteiger partial charge in [0.1, 0.15) is 0 Å². The molecule has 1 saturated heterocycles. The average molecular weight is 551 g/mol. The summed E-state index contributed by atoms with van der Waals surface area (Å²) in [6, 6.07) is 25.0. The lowest BCUT2D eigenvalue weighted by Crippen LogP contribution is -2.39. The van der Waals surface area contributed by atoms with Crippen LogP contribution in [0.25, 0.3) is 10.9 Å². The van der Waals surface area contributed by atoms with Gasteiger partial charge in [-0.05, 0) is 74.3 Å². The third-order valence-electron chi connectivity index (χ3n) is 7.54. The summed E-state index contributed by atoms with van der Waals surface area (Å²) in [6.45, 7) is 4.90. The number of likely N-dealkylation sites (tertiary alicyclic amines) is 1. The molecule has 0 aliphatic carbocycles. The lowest BCUT2D eigenvalue weighted by molar-refractivity contribution is -0.131. The average Bonchev–Trinajstić information content (AvgIpc) is 3.53. The summed E-state index contributed by atoms with van der Waals surface area (Å²) in [5.74, 6) is -0.0911. The molecule has 0 saturated carbocycles. The molecule has 5 nitrogen and oxygen atoms in total. The molecule has 4 aromatic rings. The fourth-order valence-corrected chi connectivity index (χ4v) is 5.55. The van der Waals surface area contributed by atoms with E-state index in [0.29, 0.717) is 10.6 Å². The number of carbonyl (C=O) groups is 2. The predicted octanol–water partition coefficient (Wildman–Crippen LogP) is 6.55. The predicted molar refractivity (Wildman–Crippen MR) is 156 cm³/mol. The minimum atomic E-state index is -0.131. The Morgan fingerprint density at radius 1 is 0.921 bits per heavy atom. The van der Waals surface area contributed by atoms with Gasteiger partial charge in [0.15, 0.2) is 0 Å². The molecule has 1 amide bonds. The quantitative estimate of drug-likeness (QED) is 0.262. The van der Waals surface area contributed by atoms with Crippen LogP contribution in [0.15, 0.2) is 78.9 Å². The molecule has 1 aliphatic rings. The number of carbonyl (C=O) groups excluding carboxylic acids is 2. The molecule has 1 atom stereocenters. The van der Waals surface area contributed by atoms with Crippen LogP contribution in [0.1, 0.15) is 46.1 Å². The zero-order valence-corrected chi connectivity index (χ0v) is 23.3. The smallest absolute Gasteiger partial charge is 0.262 e. The highest BCUT2D eigenvalue weighted by Crippen LogP contribution is 2.30. The number of amides is 1. The first kappa shape index (κ1) is 27.9. The normalized spacial score (nSPS) is 14.3. The molecule has 38 heavy (non-hydrogen) atoms. The standard InChI is InChI=1S/C31H32ClN3O2.ClH/c1-22-27(26-12-6-7-13-28(26)35(22)31(37)24-14-16-25(32)17-15-24)20-30(36)33(2)29(21-34-18-8-9-19-34)23-10-4-3-5-11-23;/h3-7,10-17,29H,8-9,18-21H2,1-2H3;1H/t29-;/m1./s1. The maximum Gasteiger partial charge on any atom is 0.262 e. The fraction of sp³-hybridized carbons (Fsp3) is 0.290.